The predicted molar refractivity (Wildman–Crippen MR) is 111 cm³/mol. The van der Waals surface area contributed by atoms with E-state index in [0.29, 0.717) is 0 Å². The molecule has 14 heteroatoms. The molecular formula is C20H12N2Na2O8S2. The van der Waals surface area contributed by atoms with E-state index in [0.717, 1.165) is 12.1 Å². The normalized spacial score (nSPS) is 11.9. The van der Waals surface area contributed by atoms with Crippen molar-refractivity contribution in [3.63, 3.8) is 0 Å². The molecule has 164 valence electrons. The maximum Gasteiger partial charge on any atom is 1.00 e. The molecule has 4 rings (SSSR count). The minimum Gasteiger partial charge on any atom is -0.744 e. The maximum absolute atomic E-state index is 11.6. The SMILES string of the molecule is O=S(=O)([O-])c1cc(O)c(N=Nc2ccc3cccc(S(=O)(=O)[O-])c3c2O)c2ccccc12.[Na+].[Na+]. The fourth-order valence-electron chi connectivity index (χ4n) is 3.33. The first-order valence-corrected chi connectivity index (χ1v) is 11.6. The van der Waals surface area contributed by atoms with Gasteiger partial charge in [0.1, 0.15) is 37.4 Å². The maximum atomic E-state index is 11.6. The van der Waals surface area contributed by atoms with Crippen molar-refractivity contribution >= 4 is 53.2 Å². The van der Waals surface area contributed by atoms with E-state index >= 15 is 0 Å². The van der Waals surface area contributed by atoms with Crippen molar-refractivity contribution in [1.29, 1.82) is 0 Å². The van der Waals surface area contributed by atoms with Gasteiger partial charge >= 0.3 is 59.1 Å². The van der Waals surface area contributed by atoms with E-state index < -0.39 is 41.5 Å². The monoisotopic (exact) mass is 518 g/mol. The van der Waals surface area contributed by atoms with E-state index in [1.54, 1.807) is 0 Å². The van der Waals surface area contributed by atoms with Crippen molar-refractivity contribution in [2.45, 2.75) is 9.79 Å². The molecule has 0 aliphatic carbocycles. The van der Waals surface area contributed by atoms with Crippen LogP contribution in [0, 0.1) is 0 Å². The van der Waals surface area contributed by atoms with Crippen LogP contribution in [0.2, 0.25) is 0 Å². The quantitative estimate of drug-likeness (QED) is 0.171. The predicted octanol–water partition coefficient (Wildman–Crippen LogP) is -2.36. The summed E-state index contributed by atoms with van der Waals surface area (Å²) in [5.41, 5.74) is -0.394. The Morgan fingerprint density at radius 1 is 0.706 bits per heavy atom. The number of benzene rings is 4. The summed E-state index contributed by atoms with van der Waals surface area (Å²) in [5, 5.41) is 28.7. The van der Waals surface area contributed by atoms with Gasteiger partial charge in [-0.1, -0.05) is 42.5 Å². The first-order valence-electron chi connectivity index (χ1n) is 8.81. The Hall–Kier alpha value is -1.58. The number of nitrogens with zero attached hydrogens (tertiary/aromatic N) is 2. The Labute approximate surface area is 238 Å². The van der Waals surface area contributed by atoms with Crippen molar-refractivity contribution < 1.29 is 95.3 Å². The van der Waals surface area contributed by atoms with Gasteiger partial charge in [0.2, 0.25) is 0 Å². The molecule has 4 aromatic rings. The number of hydrogen-bond donors (Lipinski definition) is 2. The van der Waals surface area contributed by atoms with Gasteiger partial charge in [0.15, 0.2) is 5.75 Å². The van der Waals surface area contributed by atoms with Gasteiger partial charge in [-0.05, 0) is 17.5 Å². The van der Waals surface area contributed by atoms with Gasteiger partial charge in [-0.3, -0.25) is 0 Å². The molecule has 2 N–H and O–H groups in total. The fraction of sp³-hybridized carbons (Fsp3) is 0. The van der Waals surface area contributed by atoms with Crippen LogP contribution in [-0.2, 0) is 20.2 Å². The number of rotatable bonds is 4. The van der Waals surface area contributed by atoms with Crippen molar-refractivity contribution in [3.8, 4) is 11.5 Å². The summed E-state index contributed by atoms with van der Waals surface area (Å²) in [5.74, 6) is -1.27. The zero-order valence-corrected chi connectivity index (χ0v) is 23.5. The third-order valence-corrected chi connectivity index (χ3v) is 6.47. The van der Waals surface area contributed by atoms with Crippen LogP contribution in [0.1, 0.15) is 0 Å². The van der Waals surface area contributed by atoms with Crippen molar-refractivity contribution in [2.75, 3.05) is 0 Å². The van der Waals surface area contributed by atoms with E-state index in [2.05, 4.69) is 10.2 Å². The molecule has 0 unspecified atom stereocenters. The molecule has 0 fully saturated rings. The summed E-state index contributed by atoms with van der Waals surface area (Å²) in [6.45, 7) is 0. The molecule has 0 heterocycles. The Morgan fingerprint density at radius 3 is 1.94 bits per heavy atom. The van der Waals surface area contributed by atoms with Crippen LogP contribution >= 0.6 is 0 Å². The average Bonchev–Trinajstić information content (AvgIpc) is 2.72. The van der Waals surface area contributed by atoms with Crippen molar-refractivity contribution in [2.24, 2.45) is 10.2 Å². The molecule has 0 aromatic heterocycles. The van der Waals surface area contributed by atoms with Crippen LogP contribution in [0.4, 0.5) is 11.4 Å². The van der Waals surface area contributed by atoms with E-state index in [1.807, 2.05) is 0 Å². The fourth-order valence-corrected chi connectivity index (χ4v) is 4.75. The van der Waals surface area contributed by atoms with Crippen molar-refractivity contribution in [1.82, 2.24) is 0 Å². The number of fused-ring (bicyclic) bond motifs is 2. The van der Waals surface area contributed by atoms with E-state index in [1.165, 1.54) is 48.5 Å². The van der Waals surface area contributed by atoms with E-state index in [-0.39, 0.29) is 92.0 Å². The topological polar surface area (TPSA) is 180 Å². The largest absolute Gasteiger partial charge is 1.00 e. The third kappa shape index (κ3) is 5.46. The van der Waals surface area contributed by atoms with Crippen LogP contribution in [0.25, 0.3) is 21.5 Å². The molecule has 0 radical (unpaired) electrons. The molecule has 0 bridgehead atoms. The first kappa shape index (κ1) is 28.7. The smallest absolute Gasteiger partial charge is 0.744 e. The van der Waals surface area contributed by atoms with Gasteiger partial charge in [0.25, 0.3) is 0 Å². The van der Waals surface area contributed by atoms with Crippen LogP contribution in [-0.4, -0.2) is 36.2 Å². The van der Waals surface area contributed by atoms with Crippen LogP contribution in [0.5, 0.6) is 11.5 Å². The number of phenolic OH excluding ortho intramolecular Hbond substituents is 2. The second-order valence-electron chi connectivity index (χ2n) is 6.68. The minimum atomic E-state index is -4.90. The first-order chi connectivity index (χ1) is 15.0. The second kappa shape index (κ2) is 10.6. The molecule has 34 heavy (non-hydrogen) atoms. The number of phenols is 2. The standard InChI is InChI=1S/C20H14N2O8S2.2Na/c23-15-10-17(32(28,29)30)12-5-1-2-6-13(12)19(15)22-21-14-9-8-11-4-3-7-16(31(25,26)27)18(11)20(14)24;;/h1-10,23-24H,(H,25,26,27)(H,28,29,30);;/q;2*+1/p-2. The summed E-state index contributed by atoms with van der Waals surface area (Å²) in [4.78, 5) is -1.27. The summed E-state index contributed by atoms with van der Waals surface area (Å²) in [7, 11) is -9.79. The van der Waals surface area contributed by atoms with Crippen LogP contribution in [0.15, 0.2) is 80.7 Å². The molecule has 0 aliphatic rings. The molecular weight excluding hydrogens is 506 g/mol. The molecule has 0 atom stereocenters. The van der Waals surface area contributed by atoms with Gasteiger partial charge in [-0.15, -0.1) is 10.2 Å². The molecule has 10 nitrogen and oxygen atoms in total. The second-order valence-corrected chi connectivity index (χ2v) is 9.38. The van der Waals surface area contributed by atoms with Gasteiger partial charge in [0, 0.05) is 22.2 Å². The molecule has 4 aromatic carbocycles. The zero-order chi connectivity index (χ0) is 23.3. The Kier molecular flexibility index (Phi) is 8.92. The number of aromatic hydroxyl groups is 2. The number of hydrogen-bond acceptors (Lipinski definition) is 10. The van der Waals surface area contributed by atoms with E-state index in [4.69, 9.17) is 0 Å². The Balaban J connectivity index is 0.00000204. The molecule has 0 saturated carbocycles. The summed E-state index contributed by atoms with van der Waals surface area (Å²) < 4.78 is 69.3. The van der Waals surface area contributed by atoms with Crippen LogP contribution < -0.4 is 59.1 Å². The minimum absolute atomic E-state index is 0. The average molecular weight is 518 g/mol. The van der Waals surface area contributed by atoms with Gasteiger partial charge in [0.05, 0.1) is 9.79 Å². The summed E-state index contributed by atoms with van der Waals surface area (Å²) in [6.07, 6.45) is 0. The summed E-state index contributed by atoms with van der Waals surface area (Å²) >= 11 is 0. The molecule has 0 amide bonds. The van der Waals surface area contributed by atoms with Crippen LogP contribution in [0.3, 0.4) is 0 Å². The van der Waals surface area contributed by atoms with Gasteiger partial charge in [-0.25, -0.2) is 16.8 Å². The third-order valence-electron chi connectivity index (χ3n) is 4.71. The van der Waals surface area contributed by atoms with Crippen molar-refractivity contribution in [3.05, 3.63) is 60.7 Å². The Morgan fingerprint density at radius 2 is 1.32 bits per heavy atom. The number of azo groups is 1. The molecule has 0 spiro atoms. The molecule has 0 aliphatic heterocycles. The Bertz CT molecular complexity index is 1660. The molecule has 0 saturated heterocycles. The van der Waals surface area contributed by atoms with E-state index in [9.17, 15) is 36.2 Å². The van der Waals surface area contributed by atoms with Gasteiger partial charge in [-0.2, -0.15) is 0 Å². The summed E-state index contributed by atoms with van der Waals surface area (Å²) in [6, 6.07) is 13.2. The van der Waals surface area contributed by atoms with Gasteiger partial charge < -0.3 is 19.3 Å². The zero-order valence-electron chi connectivity index (χ0n) is 17.8.